The smallest absolute Gasteiger partial charge is 0.269 e. The summed E-state index contributed by atoms with van der Waals surface area (Å²) >= 11 is 0. The molecule has 0 aliphatic heterocycles. The van der Waals surface area contributed by atoms with Crippen molar-refractivity contribution < 1.29 is 14.6 Å². The Kier molecular flexibility index (Phi) is 5.11. The largest absolute Gasteiger partial charge is 0.497 e. The Morgan fingerprint density at radius 2 is 1.92 bits per heavy atom. The highest BCUT2D eigenvalue weighted by Gasteiger charge is 2.13. The van der Waals surface area contributed by atoms with Gasteiger partial charge in [-0.2, -0.15) is 5.10 Å². The number of methoxy groups -OCH3 is 1. The number of hydrogen-bond donors (Lipinski definition) is 3. The summed E-state index contributed by atoms with van der Waals surface area (Å²) < 4.78 is 5.08. The first-order valence-corrected chi connectivity index (χ1v) is 7.88. The molecule has 1 atom stereocenters. The monoisotopic (exact) mass is 337 g/mol. The summed E-state index contributed by atoms with van der Waals surface area (Å²) in [7, 11) is 1.58. The molecule has 0 radical (unpaired) electrons. The standard InChI is InChI=1S/C19H19N3O3/c1-25-15-9-7-14(8-10-15)18(23)12-20-19(24)17-11-16(21-22-17)13-5-3-2-4-6-13/h2-11,18,23H,12H2,1H3,(H,20,24)(H,21,22). The lowest BCUT2D eigenvalue weighted by molar-refractivity contribution is 0.0911. The molecule has 0 aliphatic rings. The van der Waals surface area contributed by atoms with Gasteiger partial charge in [0.25, 0.3) is 5.91 Å². The number of aromatic nitrogens is 2. The average Bonchev–Trinajstić information content (AvgIpc) is 3.17. The van der Waals surface area contributed by atoms with Gasteiger partial charge in [-0.25, -0.2) is 0 Å². The molecule has 1 unspecified atom stereocenters. The number of ether oxygens (including phenoxy) is 1. The van der Waals surface area contributed by atoms with Gasteiger partial charge in [0.1, 0.15) is 11.4 Å². The molecule has 2 aromatic carbocycles. The number of carbonyl (C=O) groups excluding carboxylic acids is 1. The molecule has 6 heteroatoms. The van der Waals surface area contributed by atoms with Crippen molar-refractivity contribution in [3.8, 4) is 17.0 Å². The van der Waals surface area contributed by atoms with E-state index in [9.17, 15) is 9.90 Å². The van der Waals surface area contributed by atoms with E-state index >= 15 is 0 Å². The van der Waals surface area contributed by atoms with Crippen LogP contribution >= 0.6 is 0 Å². The Labute approximate surface area is 145 Å². The highest BCUT2D eigenvalue weighted by molar-refractivity contribution is 5.93. The van der Waals surface area contributed by atoms with Gasteiger partial charge in [-0.1, -0.05) is 42.5 Å². The summed E-state index contributed by atoms with van der Waals surface area (Å²) in [5.41, 5.74) is 2.67. The van der Waals surface area contributed by atoms with E-state index in [1.165, 1.54) is 0 Å². The number of H-pyrrole nitrogens is 1. The van der Waals surface area contributed by atoms with Crippen LogP contribution in [0, 0.1) is 0 Å². The number of aromatic amines is 1. The van der Waals surface area contributed by atoms with Crippen LogP contribution in [-0.2, 0) is 0 Å². The lowest BCUT2D eigenvalue weighted by Gasteiger charge is -2.12. The van der Waals surface area contributed by atoms with Crippen molar-refractivity contribution in [3.63, 3.8) is 0 Å². The zero-order valence-corrected chi connectivity index (χ0v) is 13.8. The second-order valence-corrected chi connectivity index (χ2v) is 5.53. The van der Waals surface area contributed by atoms with Crippen LogP contribution < -0.4 is 10.1 Å². The molecule has 3 rings (SSSR count). The van der Waals surface area contributed by atoms with Crippen LogP contribution in [0.2, 0.25) is 0 Å². The van der Waals surface area contributed by atoms with Crippen molar-refractivity contribution in [2.24, 2.45) is 0 Å². The molecule has 1 aromatic heterocycles. The lowest BCUT2D eigenvalue weighted by atomic mass is 10.1. The fourth-order valence-corrected chi connectivity index (χ4v) is 2.42. The predicted octanol–water partition coefficient (Wildman–Crippen LogP) is 2.55. The second-order valence-electron chi connectivity index (χ2n) is 5.53. The number of nitrogens with zero attached hydrogens (tertiary/aromatic N) is 1. The maximum absolute atomic E-state index is 12.2. The van der Waals surface area contributed by atoms with Crippen molar-refractivity contribution >= 4 is 5.91 Å². The van der Waals surface area contributed by atoms with Crippen molar-refractivity contribution in [3.05, 3.63) is 71.9 Å². The van der Waals surface area contributed by atoms with E-state index < -0.39 is 6.10 Å². The number of carbonyl (C=O) groups is 1. The number of hydrogen-bond acceptors (Lipinski definition) is 4. The summed E-state index contributed by atoms with van der Waals surface area (Å²) in [5, 5.41) is 19.8. The Bertz CT molecular complexity index is 829. The number of rotatable bonds is 6. The third-order valence-corrected chi connectivity index (χ3v) is 3.85. The molecule has 6 nitrogen and oxygen atoms in total. The van der Waals surface area contributed by atoms with Gasteiger partial charge in [0.15, 0.2) is 0 Å². The molecule has 1 heterocycles. The first-order valence-electron chi connectivity index (χ1n) is 7.88. The van der Waals surface area contributed by atoms with E-state index in [1.54, 1.807) is 37.4 Å². The molecular formula is C19H19N3O3. The number of aliphatic hydroxyl groups is 1. The first kappa shape index (κ1) is 16.7. The summed E-state index contributed by atoms with van der Waals surface area (Å²) in [4.78, 5) is 12.2. The van der Waals surface area contributed by atoms with E-state index in [0.29, 0.717) is 22.7 Å². The lowest BCUT2D eigenvalue weighted by Crippen LogP contribution is -2.28. The van der Waals surface area contributed by atoms with Crippen molar-refractivity contribution in [2.75, 3.05) is 13.7 Å². The van der Waals surface area contributed by atoms with Crippen molar-refractivity contribution in [2.45, 2.75) is 6.10 Å². The Morgan fingerprint density at radius 3 is 2.60 bits per heavy atom. The Morgan fingerprint density at radius 1 is 1.20 bits per heavy atom. The third-order valence-electron chi connectivity index (χ3n) is 3.85. The number of amides is 1. The summed E-state index contributed by atoms with van der Waals surface area (Å²) in [5.74, 6) is 0.396. The fraction of sp³-hybridized carbons (Fsp3) is 0.158. The van der Waals surface area contributed by atoms with Crippen LogP contribution in [0.15, 0.2) is 60.7 Å². The highest BCUT2D eigenvalue weighted by Crippen LogP contribution is 2.18. The highest BCUT2D eigenvalue weighted by atomic mass is 16.5. The van der Waals surface area contributed by atoms with Gasteiger partial charge < -0.3 is 15.2 Å². The maximum Gasteiger partial charge on any atom is 0.269 e. The molecule has 25 heavy (non-hydrogen) atoms. The average molecular weight is 337 g/mol. The van der Waals surface area contributed by atoms with Crippen LogP contribution in [0.1, 0.15) is 22.2 Å². The summed E-state index contributed by atoms with van der Waals surface area (Å²) in [6, 6.07) is 18.3. The zero-order valence-electron chi connectivity index (χ0n) is 13.8. The van der Waals surface area contributed by atoms with Gasteiger partial charge in [0.05, 0.1) is 18.9 Å². The van der Waals surface area contributed by atoms with Gasteiger partial charge in [0, 0.05) is 12.1 Å². The molecule has 3 N–H and O–H groups in total. The topological polar surface area (TPSA) is 87.2 Å². The summed E-state index contributed by atoms with van der Waals surface area (Å²) in [6.45, 7) is 0.102. The van der Waals surface area contributed by atoms with Crippen LogP contribution in [0.4, 0.5) is 0 Å². The minimum Gasteiger partial charge on any atom is -0.497 e. The van der Waals surface area contributed by atoms with Crippen molar-refractivity contribution in [1.29, 1.82) is 0 Å². The number of nitrogens with one attached hydrogen (secondary N) is 2. The van der Waals surface area contributed by atoms with E-state index in [1.807, 2.05) is 30.3 Å². The SMILES string of the molecule is COc1ccc(C(O)CNC(=O)c2cc(-c3ccccc3)n[nH]2)cc1. The fourth-order valence-electron chi connectivity index (χ4n) is 2.42. The van der Waals surface area contributed by atoms with Crippen LogP contribution in [0.5, 0.6) is 5.75 Å². The number of aliphatic hydroxyl groups excluding tert-OH is 1. The van der Waals surface area contributed by atoms with Gasteiger partial charge in [-0.15, -0.1) is 0 Å². The van der Waals surface area contributed by atoms with Gasteiger partial charge in [0.2, 0.25) is 0 Å². The second kappa shape index (κ2) is 7.63. The van der Waals surface area contributed by atoms with Crippen LogP contribution in [-0.4, -0.2) is 34.9 Å². The molecule has 0 bridgehead atoms. The third kappa shape index (κ3) is 4.05. The molecular weight excluding hydrogens is 318 g/mol. The zero-order chi connectivity index (χ0) is 17.6. The van der Waals surface area contributed by atoms with E-state index in [4.69, 9.17) is 4.74 Å². The molecule has 0 saturated carbocycles. The molecule has 3 aromatic rings. The molecule has 1 amide bonds. The van der Waals surface area contributed by atoms with Crippen LogP contribution in [0.25, 0.3) is 11.3 Å². The maximum atomic E-state index is 12.2. The first-order chi connectivity index (χ1) is 12.2. The van der Waals surface area contributed by atoms with E-state index in [0.717, 1.165) is 5.56 Å². The Hall–Kier alpha value is -3.12. The number of benzene rings is 2. The predicted molar refractivity (Wildman–Crippen MR) is 94.3 cm³/mol. The van der Waals surface area contributed by atoms with Gasteiger partial charge in [-0.05, 0) is 23.8 Å². The molecule has 128 valence electrons. The van der Waals surface area contributed by atoms with Gasteiger partial charge >= 0.3 is 0 Å². The molecule has 0 fully saturated rings. The quantitative estimate of drug-likeness (QED) is 0.645. The molecule has 0 aliphatic carbocycles. The minimum absolute atomic E-state index is 0.102. The summed E-state index contributed by atoms with van der Waals surface area (Å²) in [6.07, 6.45) is -0.800. The van der Waals surface area contributed by atoms with E-state index in [-0.39, 0.29) is 12.5 Å². The Balaban J connectivity index is 1.59. The minimum atomic E-state index is -0.800. The molecule has 0 saturated heterocycles. The van der Waals surface area contributed by atoms with Crippen LogP contribution in [0.3, 0.4) is 0 Å². The van der Waals surface area contributed by atoms with Gasteiger partial charge in [-0.3, -0.25) is 9.89 Å². The molecule has 0 spiro atoms. The van der Waals surface area contributed by atoms with E-state index in [2.05, 4.69) is 15.5 Å². The normalized spacial score (nSPS) is 11.8. The van der Waals surface area contributed by atoms with Crippen molar-refractivity contribution in [1.82, 2.24) is 15.5 Å².